The Labute approximate surface area is 291 Å². The maximum atomic E-state index is 14.6. The summed E-state index contributed by atoms with van der Waals surface area (Å²) in [5.41, 5.74) is 3.59. The van der Waals surface area contributed by atoms with Crippen molar-refractivity contribution >= 4 is 44.3 Å². The molecule has 3 amide bonds. The van der Waals surface area contributed by atoms with E-state index >= 15 is 0 Å². The van der Waals surface area contributed by atoms with Gasteiger partial charge in [-0.25, -0.2) is 0 Å². The summed E-state index contributed by atoms with van der Waals surface area (Å²) in [4.78, 5) is 51.2. The molecule has 0 radical (unpaired) electrons. The van der Waals surface area contributed by atoms with E-state index in [9.17, 15) is 27.9 Å². The minimum Gasteiger partial charge on any atom is -0.361 e. The van der Waals surface area contributed by atoms with Crippen molar-refractivity contribution in [1.82, 2.24) is 25.0 Å². The van der Waals surface area contributed by atoms with Gasteiger partial charge in [-0.1, -0.05) is 62.4 Å². The molecule has 0 spiro atoms. The van der Waals surface area contributed by atoms with Crippen molar-refractivity contribution in [1.29, 1.82) is 0 Å². The minimum absolute atomic E-state index is 0.138. The van der Waals surface area contributed by atoms with E-state index in [0.29, 0.717) is 32.2 Å². The first-order valence-corrected chi connectivity index (χ1v) is 18.8. The van der Waals surface area contributed by atoms with Crippen LogP contribution in [0.3, 0.4) is 0 Å². The fourth-order valence-corrected chi connectivity index (χ4v) is 8.47. The van der Waals surface area contributed by atoms with Crippen LogP contribution in [0.15, 0.2) is 60.8 Å². The molecule has 1 aromatic heterocycles. The number of amides is 3. The van der Waals surface area contributed by atoms with Crippen molar-refractivity contribution in [2.24, 2.45) is 11.8 Å². The number of hydrogen-bond donors (Lipinski definition) is 4. The van der Waals surface area contributed by atoms with Crippen LogP contribution in [0.25, 0.3) is 16.5 Å². The van der Waals surface area contributed by atoms with Gasteiger partial charge in [0.2, 0.25) is 17.5 Å². The molecule has 8 rings (SSSR count). The monoisotopic (exact) mass is 705 g/mol. The smallest absolute Gasteiger partial charge is 0.281 e. The number of piperazine rings is 1. The molecular formula is C36H43N5O8S. The molecule has 14 heteroatoms. The van der Waals surface area contributed by atoms with Gasteiger partial charge in [-0.05, 0) is 54.6 Å². The van der Waals surface area contributed by atoms with Gasteiger partial charge in [0.25, 0.3) is 21.9 Å². The van der Waals surface area contributed by atoms with Crippen LogP contribution in [0.5, 0.6) is 0 Å². The second-order valence-corrected chi connectivity index (χ2v) is 15.8. The minimum atomic E-state index is -3.67. The number of ether oxygens (including phenoxy) is 1. The molecule has 266 valence electrons. The van der Waals surface area contributed by atoms with E-state index in [4.69, 9.17) is 9.29 Å². The largest absolute Gasteiger partial charge is 0.361 e. The number of nitrogens with zero attached hydrogens (tertiary/aromatic N) is 3. The fraction of sp³-hybridized carbons (Fsp3) is 0.472. The number of nitrogens with one attached hydrogen (secondary N) is 2. The van der Waals surface area contributed by atoms with Crippen molar-refractivity contribution in [3.05, 3.63) is 77.5 Å². The third-order valence-electron chi connectivity index (χ3n) is 10.8. The average Bonchev–Trinajstić information content (AvgIpc) is 3.77. The maximum Gasteiger partial charge on any atom is 0.281 e. The lowest BCUT2D eigenvalue weighted by atomic mass is 9.79. The van der Waals surface area contributed by atoms with Gasteiger partial charge >= 0.3 is 0 Å². The van der Waals surface area contributed by atoms with E-state index < -0.39 is 51.6 Å². The van der Waals surface area contributed by atoms with Crippen LogP contribution >= 0.6 is 0 Å². The van der Waals surface area contributed by atoms with Crippen molar-refractivity contribution in [2.75, 3.05) is 26.4 Å². The quantitative estimate of drug-likeness (QED) is 0.290. The van der Waals surface area contributed by atoms with Gasteiger partial charge < -0.3 is 20.3 Å². The van der Waals surface area contributed by atoms with Crippen LogP contribution in [0.4, 0.5) is 0 Å². The summed E-state index contributed by atoms with van der Waals surface area (Å²) in [5.74, 6) is -4.27. The van der Waals surface area contributed by atoms with Crippen LogP contribution in [0.2, 0.25) is 0 Å². The summed E-state index contributed by atoms with van der Waals surface area (Å²) in [6.45, 7) is 4.56. The Morgan fingerprint density at radius 1 is 1.14 bits per heavy atom. The normalized spacial score (nSPS) is 30.4. The molecule has 13 nitrogen and oxygen atoms in total. The Bertz CT molecular complexity index is 1990. The maximum absolute atomic E-state index is 14.6. The number of hydrogen-bond acceptors (Lipinski definition) is 8. The third-order valence-corrected chi connectivity index (χ3v) is 10.8. The molecule has 5 heterocycles. The highest BCUT2D eigenvalue weighted by molar-refractivity contribution is 7.85. The lowest BCUT2D eigenvalue weighted by Crippen LogP contribution is -2.71. The van der Waals surface area contributed by atoms with Crippen LogP contribution in [0, 0.1) is 11.8 Å². The number of aliphatic hydroxyl groups is 1. The van der Waals surface area contributed by atoms with Gasteiger partial charge in [-0.2, -0.15) is 8.42 Å². The molecule has 0 unspecified atom stereocenters. The number of likely N-dealkylation sites (N-methyl/N-ethyl adjacent to an activating group) is 1. The Kier molecular flexibility index (Phi) is 8.46. The summed E-state index contributed by atoms with van der Waals surface area (Å²) in [5, 5.41) is 16.5. The van der Waals surface area contributed by atoms with E-state index in [1.807, 2.05) is 49.5 Å². The number of benzene rings is 2. The molecule has 50 heavy (non-hydrogen) atoms. The van der Waals surface area contributed by atoms with E-state index in [0.717, 1.165) is 28.6 Å². The number of carbonyl (C=O) groups is 3. The Hall–Kier alpha value is -4.08. The van der Waals surface area contributed by atoms with Crippen LogP contribution in [-0.4, -0.2) is 112 Å². The molecule has 4 N–H and O–H groups in total. The predicted octanol–water partition coefficient (Wildman–Crippen LogP) is 2.13. The second-order valence-electron chi connectivity index (χ2n) is 14.4. The number of rotatable bonds is 5. The highest BCUT2D eigenvalue weighted by Gasteiger charge is 2.72. The van der Waals surface area contributed by atoms with E-state index in [2.05, 4.69) is 33.5 Å². The summed E-state index contributed by atoms with van der Waals surface area (Å²) < 4.78 is 32.4. The third kappa shape index (κ3) is 5.63. The number of aromatic nitrogens is 1. The van der Waals surface area contributed by atoms with Crippen LogP contribution in [0.1, 0.15) is 43.4 Å². The zero-order valence-electron chi connectivity index (χ0n) is 28.5. The predicted molar refractivity (Wildman–Crippen MR) is 185 cm³/mol. The number of fused-ring (bicyclic) bond motifs is 5. The molecular weight excluding hydrogens is 662 g/mol. The highest BCUT2D eigenvalue weighted by atomic mass is 32.2. The van der Waals surface area contributed by atoms with Crippen molar-refractivity contribution in [3.8, 4) is 0 Å². The topological polar surface area (TPSA) is 173 Å². The standard InChI is InChI=1S/C35H39N5O5.CH4O3S/c1-20(2)34(37-31(41)23-16-25-24-11-7-12-26-30(24)22(18-36-26)17-27(25)38(3)19-23)33(43)40-28(15-21-9-5-4-6-10-21)32(42)39-14-8-13-29(39)35(40,44)45-34;1-5(2,3)4/h4-7,9-12,16,18,20,23,27-29,36,44H,8,13-15,17,19H2,1-3H3,(H,37,41);1H3,(H,2,3,4)/t23-,27-,28-,29+,34-,35+;/m1./s1. The molecule has 3 saturated heterocycles. The van der Waals surface area contributed by atoms with Gasteiger partial charge in [-0.15, -0.1) is 0 Å². The molecule has 1 aliphatic carbocycles. The first-order valence-electron chi connectivity index (χ1n) is 17.0. The first kappa shape index (κ1) is 34.4. The van der Waals surface area contributed by atoms with Gasteiger partial charge in [0.15, 0.2) is 0 Å². The number of carbonyl (C=O) groups excluding carboxylic acids is 3. The van der Waals surface area contributed by atoms with Gasteiger partial charge in [-0.3, -0.25) is 33.5 Å². The summed E-state index contributed by atoms with van der Waals surface area (Å²) in [6, 6.07) is 14.2. The number of H-pyrrole nitrogens is 1. The molecule has 3 aromatic rings. The summed E-state index contributed by atoms with van der Waals surface area (Å²) in [7, 11) is -1.64. The zero-order chi connectivity index (χ0) is 35.7. The van der Waals surface area contributed by atoms with Crippen molar-refractivity contribution < 1.29 is 37.2 Å². The Morgan fingerprint density at radius 3 is 2.56 bits per heavy atom. The molecule has 5 aliphatic rings. The molecule has 0 saturated carbocycles. The van der Waals surface area contributed by atoms with Gasteiger partial charge in [0.1, 0.15) is 12.1 Å². The Morgan fingerprint density at radius 2 is 1.86 bits per heavy atom. The van der Waals surface area contributed by atoms with E-state index in [1.54, 1.807) is 18.7 Å². The molecule has 2 aromatic carbocycles. The van der Waals surface area contributed by atoms with E-state index in [1.165, 1.54) is 15.8 Å². The second kappa shape index (κ2) is 12.3. The highest BCUT2D eigenvalue weighted by Crippen LogP contribution is 2.48. The number of aromatic amines is 1. The van der Waals surface area contributed by atoms with Gasteiger partial charge in [0, 0.05) is 48.6 Å². The molecule has 4 aliphatic heterocycles. The lowest BCUT2D eigenvalue weighted by molar-refractivity contribution is -0.321. The summed E-state index contributed by atoms with van der Waals surface area (Å²) in [6.07, 6.45) is 7.11. The molecule has 0 bridgehead atoms. The van der Waals surface area contributed by atoms with Crippen molar-refractivity contribution in [2.45, 2.75) is 69.3 Å². The Balaban J connectivity index is 0.000000734. The van der Waals surface area contributed by atoms with Crippen LogP contribution in [-0.2, 0) is 42.1 Å². The van der Waals surface area contributed by atoms with Crippen LogP contribution < -0.4 is 5.32 Å². The zero-order valence-corrected chi connectivity index (χ0v) is 29.3. The van der Waals surface area contributed by atoms with E-state index in [-0.39, 0.29) is 24.3 Å². The SMILES string of the molecule is CC(C)[C@@]1(NC(=O)[C@@H]2C=C3c4cccc5[nH]cc(c45)C[C@H]3N(C)C2)O[C@@]2(O)[C@@H]3CCCN3C(=O)[C@@H](Cc3ccccc3)N2C1=O.CS(=O)(=O)O. The average molecular weight is 706 g/mol. The molecule has 6 atom stereocenters. The molecule has 3 fully saturated rings. The summed E-state index contributed by atoms with van der Waals surface area (Å²) >= 11 is 0. The van der Waals surface area contributed by atoms with Crippen molar-refractivity contribution in [3.63, 3.8) is 0 Å². The fourth-order valence-electron chi connectivity index (χ4n) is 8.47. The lowest BCUT2D eigenvalue weighted by Gasteiger charge is -2.48. The van der Waals surface area contributed by atoms with Gasteiger partial charge in [0.05, 0.1) is 12.2 Å². The first-order chi connectivity index (χ1) is 23.6.